The van der Waals surface area contributed by atoms with E-state index in [4.69, 9.17) is 9.47 Å². The van der Waals surface area contributed by atoms with E-state index in [2.05, 4.69) is 10.6 Å². The summed E-state index contributed by atoms with van der Waals surface area (Å²) in [7, 11) is 1.57. The normalized spacial score (nSPS) is 15.5. The highest BCUT2D eigenvalue weighted by molar-refractivity contribution is 5.98. The van der Waals surface area contributed by atoms with Crippen molar-refractivity contribution in [2.24, 2.45) is 0 Å². The number of unbranched alkanes of at least 4 members (excludes halogenated alkanes) is 1. The van der Waals surface area contributed by atoms with Crippen LogP contribution in [0.3, 0.4) is 0 Å². The van der Waals surface area contributed by atoms with Crippen LogP contribution in [0.15, 0.2) is 48.5 Å². The summed E-state index contributed by atoms with van der Waals surface area (Å²) < 4.78 is 10.4. The average Bonchev–Trinajstić information content (AvgIpc) is 3.14. The van der Waals surface area contributed by atoms with Gasteiger partial charge in [0.05, 0.1) is 25.3 Å². The minimum absolute atomic E-state index is 0.0653. The lowest BCUT2D eigenvalue weighted by Gasteiger charge is -2.18. The van der Waals surface area contributed by atoms with E-state index < -0.39 is 6.03 Å². The van der Waals surface area contributed by atoms with Crippen molar-refractivity contribution in [1.82, 2.24) is 5.32 Å². The summed E-state index contributed by atoms with van der Waals surface area (Å²) in [5.41, 5.74) is 1.70. The van der Waals surface area contributed by atoms with Crippen molar-refractivity contribution in [2.45, 2.75) is 32.2 Å². The number of rotatable bonds is 8. The number of hydrogen-bond acceptors (Lipinski definition) is 5. The molecule has 1 aliphatic rings. The Bertz CT molecular complexity index is 929. The molecule has 1 aliphatic heterocycles. The maximum Gasteiger partial charge on any atom is 0.338 e. The Balaban J connectivity index is 1.51. The third-order valence-electron chi connectivity index (χ3n) is 4.93. The van der Waals surface area contributed by atoms with Gasteiger partial charge in [-0.2, -0.15) is 0 Å². The Hall–Kier alpha value is -3.55. The van der Waals surface area contributed by atoms with Crippen molar-refractivity contribution in [1.29, 1.82) is 0 Å². The summed E-state index contributed by atoms with van der Waals surface area (Å²) in [4.78, 5) is 38.3. The number of carbonyl (C=O) groups excluding carboxylic acids is 3. The Kier molecular flexibility index (Phi) is 7.48. The molecule has 0 spiro atoms. The Morgan fingerprint density at radius 3 is 2.65 bits per heavy atom. The summed E-state index contributed by atoms with van der Waals surface area (Å²) in [6, 6.07) is 13.0. The molecule has 1 heterocycles. The van der Waals surface area contributed by atoms with Crippen LogP contribution in [0, 0.1) is 0 Å². The van der Waals surface area contributed by atoms with Crippen molar-refractivity contribution in [3.8, 4) is 5.75 Å². The van der Waals surface area contributed by atoms with E-state index in [0.717, 1.165) is 18.5 Å². The van der Waals surface area contributed by atoms with E-state index in [0.29, 0.717) is 30.2 Å². The first-order chi connectivity index (χ1) is 15.0. The van der Waals surface area contributed by atoms with Crippen LogP contribution >= 0.6 is 0 Å². The second-order valence-electron chi connectivity index (χ2n) is 7.27. The second kappa shape index (κ2) is 10.5. The van der Waals surface area contributed by atoms with Gasteiger partial charge in [0.15, 0.2) is 0 Å². The number of urea groups is 1. The van der Waals surface area contributed by atoms with Crippen LogP contribution in [0.1, 0.15) is 36.5 Å². The largest absolute Gasteiger partial charge is 0.497 e. The molecule has 0 bridgehead atoms. The zero-order chi connectivity index (χ0) is 22.2. The summed E-state index contributed by atoms with van der Waals surface area (Å²) in [6.07, 6.45) is 1.99. The van der Waals surface area contributed by atoms with Gasteiger partial charge in [0.2, 0.25) is 5.91 Å². The van der Waals surface area contributed by atoms with Gasteiger partial charge in [0.1, 0.15) is 5.75 Å². The predicted molar refractivity (Wildman–Crippen MR) is 118 cm³/mol. The molecular formula is C23H27N3O5. The topological polar surface area (TPSA) is 97.0 Å². The molecule has 2 N–H and O–H groups in total. The van der Waals surface area contributed by atoms with Crippen LogP contribution in [0.4, 0.5) is 16.2 Å². The standard InChI is InChI=1S/C23H27N3O5/c1-3-4-12-31-22(28)16-8-10-17(11-9-16)24-23(29)25-18-13-21(27)26(15-18)19-6-5-7-20(14-19)30-2/h5-11,14,18H,3-4,12-13,15H2,1-2H3,(H2,24,25,29)/t18-/m1/s1. The lowest BCUT2D eigenvalue weighted by atomic mass is 10.2. The predicted octanol–water partition coefficient (Wildman–Crippen LogP) is 3.58. The first-order valence-corrected chi connectivity index (χ1v) is 10.3. The fraction of sp³-hybridized carbons (Fsp3) is 0.348. The first kappa shape index (κ1) is 22.1. The summed E-state index contributed by atoms with van der Waals surface area (Å²) >= 11 is 0. The number of anilines is 2. The molecule has 8 heteroatoms. The van der Waals surface area contributed by atoms with Gasteiger partial charge >= 0.3 is 12.0 Å². The molecule has 0 saturated carbocycles. The molecule has 1 fully saturated rings. The molecule has 0 radical (unpaired) electrons. The average molecular weight is 425 g/mol. The van der Waals surface area contributed by atoms with Gasteiger partial charge in [0, 0.05) is 30.4 Å². The maximum absolute atomic E-state index is 12.4. The van der Waals surface area contributed by atoms with Gasteiger partial charge in [-0.3, -0.25) is 4.79 Å². The first-order valence-electron chi connectivity index (χ1n) is 10.3. The molecule has 0 aliphatic carbocycles. The molecular weight excluding hydrogens is 398 g/mol. The smallest absolute Gasteiger partial charge is 0.338 e. The van der Waals surface area contributed by atoms with Crippen molar-refractivity contribution in [3.63, 3.8) is 0 Å². The van der Waals surface area contributed by atoms with Crippen LogP contribution < -0.4 is 20.3 Å². The molecule has 0 unspecified atom stereocenters. The van der Waals surface area contributed by atoms with Crippen molar-refractivity contribution >= 4 is 29.3 Å². The molecule has 0 aromatic heterocycles. The SMILES string of the molecule is CCCCOC(=O)c1ccc(NC(=O)N[C@@H]2CC(=O)N(c3cccc(OC)c3)C2)cc1. The van der Waals surface area contributed by atoms with Crippen LogP contribution in [-0.4, -0.2) is 44.2 Å². The van der Waals surface area contributed by atoms with Crippen molar-refractivity contribution in [3.05, 3.63) is 54.1 Å². The van der Waals surface area contributed by atoms with Gasteiger partial charge < -0.3 is 25.0 Å². The number of ether oxygens (including phenoxy) is 2. The molecule has 8 nitrogen and oxygen atoms in total. The van der Waals surface area contributed by atoms with E-state index in [1.54, 1.807) is 42.3 Å². The highest BCUT2D eigenvalue weighted by atomic mass is 16.5. The third-order valence-corrected chi connectivity index (χ3v) is 4.93. The van der Waals surface area contributed by atoms with Gasteiger partial charge in [-0.25, -0.2) is 9.59 Å². The number of carbonyl (C=O) groups is 3. The highest BCUT2D eigenvalue weighted by Gasteiger charge is 2.31. The van der Waals surface area contributed by atoms with Crippen LogP contribution in [0.5, 0.6) is 5.75 Å². The fourth-order valence-corrected chi connectivity index (χ4v) is 3.27. The third kappa shape index (κ3) is 5.97. The number of nitrogens with zero attached hydrogens (tertiary/aromatic N) is 1. The molecule has 3 amide bonds. The van der Waals surface area contributed by atoms with Crippen LogP contribution in [0.2, 0.25) is 0 Å². The quantitative estimate of drug-likeness (QED) is 0.498. The van der Waals surface area contributed by atoms with Crippen LogP contribution in [0.25, 0.3) is 0 Å². The molecule has 164 valence electrons. The second-order valence-corrected chi connectivity index (χ2v) is 7.27. The Labute approximate surface area is 181 Å². The number of esters is 1. The Morgan fingerprint density at radius 1 is 1.16 bits per heavy atom. The minimum Gasteiger partial charge on any atom is -0.497 e. The van der Waals surface area contributed by atoms with E-state index in [9.17, 15) is 14.4 Å². The summed E-state index contributed by atoms with van der Waals surface area (Å²) in [6.45, 7) is 2.80. The van der Waals surface area contributed by atoms with Gasteiger partial charge in [-0.05, 0) is 42.8 Å². The van der Waals surface area contributed by atoms with Crippen molar-refractivity contribution < 1.29 is 23.9 Å². The summed E-state index contributed by atoms with van der Waals surface area (Å²) in [5.74, 6) is 0.216. The maximum atomic E-state index is 12.4. The van der Waals surface area contributed by atoms with E-state index in [-0.39, 0.29) is 24.3 Å². The lowest BCUT2D eigenvalue weighted by molar-refractivity contribution is -0.117. The van der Waals surface area contributed by atoms with Crippen molar-refractivity contribution in [2.75, 3.05) is 30.5 Å². The molecule has 2 aromatic rings. The van der Waals surface area contributed by atoms with E-state index in [1.807, 2.05) is 25.1 Å². The highest BCUT2D eigenvalue weighted by Crippen LogP contribution is 2.25. The fourth-order valence-electron chi connectivity index (χ4n) is 3.27. The molecule has 31 heavy (non-hydrogen) atoms. The van der Waals surface area contributed by atoms with Gasteiger partial charge in [-0.15, -0.1) is 0 Å². The summed E-state index contributed by atoms with van der Waals surface area (Å²) in [5, 5.41) is 5.55. The zero-order valence-electron chi connectivity index (χ0n) is 17.7. The van der Waals surface area contributed by atoms with Gasteiger partial charge in [0.25, 0.3) is 0 Å². The Morgan fingerprint density at radius 2 is 1.94 bits per heavy atom. The zero-order valence-corrected chi connectivity index (χ0v) is 17.7. The molecule has 3 rings (SSSR count). The number of methoxy groups -OCH3 is 1. The number of benzene rings is 2. The minimum atomic E-state index is -0.413. The van der Waals surface area contributed by atoms with Crippen LogP contribution in [-0.2, 0) is 9.53 Å². The number of amides is 3. The lowest BCUT2D eigenvalue weighted by Crippen LogP contribution is -2.39. The van der Waals surface area contributed by atoms with E-state index >= 15 is 0 Å². The molecule has 1 atom stereocenters. The number of hydrogen-bond donors (Lipinski definition) is 2. The number of nitrogens with one attached hydrogen (secondary N) is 2. The molecule has 2 aromatic carbocycles. The molecule has 1 saturated heterocycles. The monoisotopic (exact) mass is 425 g/mol. The van der Waals surface area contributed by atoms with E-state index in [1.165, 1.54) is 0 Å². The van der Waals surface area contributed by atoms with Gasteiger partial charge in [-0.1, -0.05) is 19.4 Å².